The van der Waals surface area contributed by atoms with E-state index in [1.165, 1.54) is 0 Å². The summed E-state index contributed by atoms with van der Waals surface area (Å²) in [5.74, 6) is 1.78. The largest absolute Gasteiger partial charge is 0.488 e. The van der Waals surface area contributed by atoms with Crippen LogP contribution in [0.4, 0.5) is 0 Å². The molecule has 0 bridgehead atoms. The van der Waals surface area contributed by atoms with Gasteiger partial charge in [0.15, 0.2) is 0 Å². The molecule has 0 N–H and O–H groups in total. The van der Waals surface area contributed by atoms with Crippen LogP contribution in [0, 0.1) is 0 Å². The number of carbonyl (C=O) groups excluding carboxylic acids is 1. The maximum Gasteiger partial charge on any atom is 0.272 e. The van der Waals surface area contributed by atoms with Crippen LogP contribution < -0.4 is 4.74 Å². The third-order valence-corrected chi connectivity index (χ3v) is 6.75. The van der Waals surface area contributed by atoms with Crippen molar-refractivity contribution in [3.63, 3.8) is 0 Å². The molecule has 2 saturated heterocycles. The molecule has 27 heavy (non-hydrogen) atoms. The van der Waals surface area contributed by atoms with Gasteiger partial charge in [0.25, 0.3) is 5.91 Å². The number of ether oxygens (including phenoxy) is 1. The quantitative estimate of drug-likeness (QED) is 0.700. The number of amides is 1. The SMILES string of the molecule is O=C(c1ccc2ccccc2n1)N1CC2(C[C@@H](Oc3cccnc3)CS2)C1. The van der Waals surface area contributed by atoms with Gasteiger partial charge in [0.2, 0.25) is 0 Å². The summed E-state index contributed by atoms with van der Waals surface area (Å²) in [7, 11) is 0. The van der Waals surface area contributed by atoms with Crippen molar-refractivity contribution in [3.05, 3.63) is 66.6 Å². The minimum Gasteiger partial charge on any atom is -0.488 e. The number of para-hydroxylation sites is 1. The van der Waals surface area contributed by atoms with Crippen molar-refractivity contribution in [2.45, 2.75) is 17.3 Å². The van der Waals surface area contributed by atoms with Gasteiger partial charge in [0, 0.05) is 36.8 Å². The van der Waals surface area contributed by atoms with E-state index in [1.807, 2.05) is 65.2 Å². The van der Waals surface area contributed by atoms with E-state index in [0.717, 1.165) is 41.9 Å². The molecule has 4 heterocycles. The highest BCUT2D eigenvalue weighted by atomic mass is 32.2. The number of thioether (sulfide) groups is 1. The minimum atomic E-state index is 0.0172. The number of fused-ring (bicyclic) bond motifs is 1. The lowest BCUT2D eigenvalue weighted by molar-refractivity contribution is 0.0512. The molecule has 5 nitrogen and oxygen atoms in total. The summed E-state index contributed by atoms with van der Waals surface area (Å²) < 4.78 is 6.16. The van der Waals surface area contributed by atoms with Crippen molar-refractivity contribution < 1.29 is 9.53 Å². The van der Waals surface area contributed by atoms with Crippen LogP contribution in [0.2, 0.25) is 0 Å². The molecule has 1 aromatic carbocycles. The lowest BCUT2D eigenvalue weighted by Gasteiger charge is -2.47. The number of hydrogen-bond acceptors (Lipinski definition) is 5. The number of nitrogens with zero attached hydrogens (tertiary/aromatic N) is 3. The Bertz CT molecular complexity index is 989. The van der Waals surface area contributed by atoms with Crippen molar-refractivity contribution in [1.29, 1.82) is 0 Å². The van der Waals surface area contributed by atoms with Gasteiger partial charge in [-0.25, -0.2) is 4.98 Å². The van der Waals surface area contributed by atoms with Crippen molar-refractivity contribution in [3.8, 4) is 5.75 Å². The van der Waals surface area contributed by atoms with Gasteiger partial charge in [-0.1, -0.05) is 24.3 Å². The molecular formula is C21H19N3O2S. The Morgan fingerprint density at radius 1 is 1.15 bits per heavy atom. The first-order valence-corrected chi connectivity index (χ1v) is 10.1. The third-order valence-electron chi connectivity index (χ3n) is 5.18. The van der Waals surface area contributed by atoms with Crippen LogP contribution in [0.25, 0.3) is 10.9 Å². The van der Waals surface area contributed by atoms with Crippen molar-refractivity contribution in [2.75, 3.05) is 18.8 Å². The van der Waals surface area contributed by atoms with E-state index in [9.17, 15) is 4.79 Å². The maximum absolute atomic E-state index is 12.8. The van der Waals surface area contributed by atoms with E-state index in [2.05, 4.69) is 9.97 Å². The molecular weight excluding hydrogens is 358 g/mol. The molecule has 1 amide bonds. The highest BCUT2D eigenvalue weighted by molar-refractivity contribution is 8.01. The van der Waals surface area contributed by atoms with Gasteiger partial charge in [-0.05, 0) is 24.3 Å². The number of carbonyl (C=O) groups is 1. The van der Waals surface area contributed by atoms with E-state index < -0.39 is 0 Å². The standard InChI is InChI=1S/C21H19N3O2S/c25-20(19-8-7-15-4-1-2-6-18(15)23-19)24-13-21(14-24)10-17(12-27-21)26-16-5-3-9-22-11-16/h1-9,11,17H,10,12-14H2/t17-/m1/s1. The Kier molecular flexibility index (Phi) is 4.01. The average molecular weight is 377 g/mol. The van der Waals surface area contributed by atoms with Crippen LogP contribution in [0.15, 0.2) is 60.9 Å². The van der Waals surface area contributed by atoms with Crippen molar-refractivity contribution >= 4 is 28.6 Å². The van der Waals surface area contributed by atoms with Crippen LogP contribution in [0.5, 0.6) is 5.75 Å². The molecule has 0 saturated carbocycles. The predicted molar refractivity (Wildman–Crippen MR) is 106 cm³/mol. The Morgan fingerprint density at radius 3 is 2.89 bits per heavy atom. The van der Waals surface area contributed by atoms with Gasteiger partial charge in [0.05, 0.1) is 16.5 Å². The fourth-order valence-electron chi connectivity index (χ4n) is 3.85. The molecule has 2 aliphatic heterocycles. The second-order valence-corrected chi connectivity index (χ2v) is 8.67. The number of likely N-dealkylation sites (tertiary alicyclic amines) is 1. The van der Waals surface area contributed by atoms with E-state index >= 15 is 0 Å². The smallest absolute Gasteiger partial charge is 0.272 e. The summed E-state index contributed by atoms with van der Waals surface area (Å²) >= 11 is 1.92. The summed E-state index contributed by atoms with van der Waals surface area (Å²) in [5.41, 5.74) is 1.38. The molecule has 3 aromatic rings. The molecule has 1 spiro atoms. The second kappa shape index (κ2) is 6.53. The second-order valence-electron chi connectivity index (χ2n) is 7.18. The average Bonchev–Trinajstić information content (AvgIpc) is 3.11. The van der Waals surface area contributed by atoms with Crippen LogP contribution in [-0.4, -0.2) is 50.5 Å². The van der Waals surface area contributed by atoms with E-state index in [0.29, 0.717) is 5.69 Å². The van der Waals surface area contributed by atoms with Gasteiger partial charge < -0.3 is 9.64 Å². The van der Waals surface area contributed by atoms with Gasteiger partial charge in [-0.2, -0.15) is 0 Å². The number of hydrogen-bond donors (Lipinski definition) is 0. The van der Waals surface area contributed by atoms with Gasteiger partial charge in [-0.3, -0.25) is 9.78 Å². The van der Waals surface area contributed by atoms with Gasteiger partial charge in [-0.15, -0.1) is 11.8 Å². The molecule has 5 rings (SSSR count). The fourth-order valence-corrected chi connectivity index (χ4v) is 5.37. The molecule has 136 valence electrons. The van der Waals surface area contributed by atoms with E-state index in [-0.39, 0.29) is 16.8 Å². The molecule has 2 aliphatic rings. The monoisotopic (exact) mass is 377 g/mol. The topological polar surface area (TPSA) is 55.3 Å². The molecule has 1 atom stereocenters. The van der Waals surface area contributed by atoms with Gasteiger partial charge in [0.1, 0.15) is 17.5 Å². The fraction of sp³-hybridized carbons (Fsp3) is 0.286. The van der Waals surface area contributed by atoms with Crippen LogP contribution in [0.3, 0.4) is 0 Å². The number of pyridine rings is 2. The maximum atomic E-state index is 12.8. The number of benzene rings is 1. The molecule has 0 unspecified atom stereocenters. The third kappa shape index (κ3) is 3.14. The Labute approximate surface area is 161 Å². The van der Waals surface area contributed by atoms with E-state index in [1.54, 1.807) is 12.4 Å². The zero-order chi connectivity index (χ0) is 18.3. The van der Waals surface area contributed by atoms with Crippen molar-refractivity contribution in [2.24, 2.45) is 0 Å². The Balaban J connectivity index is 1.23. The molecule has 6 heteroatoms. The Hall–Kier alpha value is -2.60. The summed E-state index contributed by atoms with van der Waals surface area (Å²) in [4.78, 5) is 23.3. The molecule has 2 fully saturated rings. The summed E-state index contributed by atoms with van der Waals surface area (Å²) in [5, 5.41) is 1.05. The predicted octanol–water partition coefficient (Wildman–Crippen LogP) is 3.41. The Morgan fingerprint density at radius 2 is 2.04 bits per heavy atom. The van der Waals surface area contributed by atoms with E-state index in [4.69, 9.17) is 4.74 Å². The first kappa shape index (κ1) is 16.6. The summed E-state index contributed by atoms with van der Waals surface area (Å²) in [6, 6.07) is 15.5. The van der Waals surface area contributed by atoms with Gasteiger partial charge >= 0.3 is 0 Å². The summed E-state index contributed by atoms with van der Waals surface area (Å²) in [6.45, 7) is 1.52. The highest BCUT2D eigenvalue weighted by Crippen LogP contribution is 2.46. The molecule has 0 radical (unpaired) electrons. The minimum absolute atomic E-state index is 0.0172. The van der Waals surface area contributed by atoms with Crippen LogP contribution in [-0.2, 0) is 0 Å². The first-order chi connectivity index (χ1) is 13.2. The molecule has 0 aliphatic carbocycles. The van der Waals surface area contributed by atoms with Crippen LogP contribution in [0.1, 0.15) is 16.9 Å². The molecule has 2 aromatic heterocycles. The number of rotatable bonds is 3. The summed E-state index contributed by atoms with van der Waals surface area (Å²) in [6.07, 6.45) is 4.63. The zero-order valence-corrected chi connectivity index (χ0v) is 15.6. The normalized spacial score (nSPS) is 20.6. The number of aromatic nitrogens is 2. The lowest BCUT2D eigenvalue weighted by atomic mass is 9.92. The zero-order valence-electron chi connectivity index (χ0n) is 14.7. The lowest BCUT2D eigenvalue weighted by Crippen LogP contribution is -2.61. The van der Waals surface area contributed by atoms with Crippen LogP contribution >= 0.6 is 11.8 Å². The first-order valence-electron chi connectivity index (χ1n) is 9.07. The highest BCUT2D eigenvalue weighted by Gasteiger charge is 2.51. The van der Waals surface area contributed by atoms with Crippen molar-refractivity contribution in [1.82, 2.24) is 14.9 Å².